The maximum atomic E-state index is 12.8. The highest BCUT2D eigenvalue weighted by atomic mass is 16.6. The Kier molecular flexibility index (Phi) is 4.69. The van der Waals surface area contributed by atoms with Gasteiger partial charge in [-0.15, -0.1) is 0 Å². The van der Waals surface area contributed by atoms with Crippen LogP contribution in [-0.2, 0) is 0 Å². The Balaban J connectivity index is 1.77. The number of nitro groups is 1. The van der Waals surface area contributed by atoms with E-state index in [2.05, 4.69) is 9.55 Å². The number of amides is 1. The number of nitro benzene ring substituents is 1. The molecule has 0 radical (unpaired) electrons. The fourth-order valence-electron chi connectivity index (χ4n) is 3.32. The minimum atomic E-state index is -0.562. The lowest BCUT2D eigenvalue weighted by Crippen LogP contribution is -2.39. The predicted molar refractivity (Wildman–Crippen MR) is 90.8 cm³/mol. The summed E-state index contributed by atoms with van der Waals surface area (Å²) in [5.41, 5.74) is 0.886. The largest absolute Gasteiger partial charge is 0.490 e. The molecule has 0 bridgehead atoms. The summed E-state index contributed by atoms with van der Waals surface area (Å²) in [6.07, 6.45) is 5.21. The molecule has 0 atom stereocenters. The van der Waals surface area contributed by atoms with Crippen molar-refractivity contribution in [2.24, 2.45) is 0 Å². The van der Waals surface area contributed by atoms with Crippen molar-refractivity contribution in [3.8, 4) is 5.75 Å². The molecule has 1 fully saturated rings. The zero-order chi connectivity index (χ0) is 18.0. The van der Waals surface area contributed by atoms with E-state index in [1.807, 2.05) is 19.4 Å². The van der Waals surface area contributed by atoms with E-state index in [0.717, 1.165) is 18.5 Å². The first kappa shape index (κ1) is 16.9. The van der Waals surface area contributed by atoms with Crippen LogP contribution in [0.25, 0.3) is 0 Å². The summed E-state index contributed by atoms with van der Waals surface area (Å²) < 4.78 is 7.16. The number of piperidine rings is 1. The molecule has 132 valence electrons. The van der Waals surface area contributed by atoms with E-state index < -0.39 is 4.92 Å². The minimum absolute atomic E-state index is 0.0709. The van der Waals surface area contributed by atoms with Gasteiger partial charge in [0.25, 0.3) is 5.91 Å². The van der Waals surface area contributed by atoms with Crippen LogP contribution in [0.5, 0.6) is 5.75 Å². The van der Waals surface area contributed by atoms with E-state index in [9.17, 15) is 14.9 Å². The average Bonchev–Trinajstić information content (AvgIpc) is 3.06. The lowest BCUT2D eigenvalue weighted by molar-refractivity contribution is -0.386. The summed E-state index contributed by atoms with van der Waals surface area (Å²) in [5, 5.41) is 11.4. The molecule has 3 rings (SSSR count). The lowest BCUT2D eigenvalue weighted by atomic mass is 10.0. The lowest BCUT2D eigenvalue weighted by Gasteiger charge is -2.33. The number of aryl methyl sites for hydroxylation is 1. The number of imidazole rings is 1. The molecule has 2 aromatic rings. The van der Waals surface area contributed by atoms with E-state index in [4.69, 9.17) is 4.74 Å². The van der Waals surface area contributed by atoms with E-state index in [1.54, 1.807) is 11.0 Å². The quantitative estimate of drug-likeness (QED) is 0.628. The number of ether oxygens (including phenoxy) is 1. The van der Waals surface area contributed by atoms with Crippen LogP contribution in [-0.4, -0.2) is 45.5 Å². The van der Waals surface area contributed by atoms with Crippen LogP contribution < -0.4 is 4.74 Å². The molecule has 1 aromatic carbocycles. The molecule has 1 aliphatic rings. The van der Waals surface area contributed by atoms with Crippen molar-refractivity contribution < 1.29 is 14.5 Å². The molecule has 2 heterocycles. The molecule has 0 saturated carbocycles. The van der Waals surface area contributed by atoms with Crippen molar-refractivity contribution >= 4 is 11.6 Å². The second kappa shape index (κ2) is 6.92. The van der Waals surface area contributed by atoms with Crippen molar-refractivity contribution in [2.45, 2.75) is 25.8 Å². The van der Waals surface area contributed by atoms with Gasteiger partial charge in [-0.25, -0.2) is 4.98 Å². The summed E-state index contributed by atoms with van der Waals surface area (Å²) in [5.74, 6) is -0.230. The van der Waals surface area contributed by atoms with Gasteiger partial charge in [0.15, 0.2) is 5.75 Å². The molecule has 0 aliphatic carbocycles. The number of rotatable bonds is 4. The third-order valence-corrected chi connectivity index (χ3v) is 4.64. The number of methoxy groups -OCH3 is 1. The Morgan fingerprint density at radius 1 is 1.36 bits per heavy atom. The molecule has 1 saturated heterocycles. The minimum Gasteiger partial charge on any atom is -0.490 e. The number of carbonyl (C=O) groups is 1. The highest BCUT2D eigenvalue weighted by Crippen LogP contribution is 2.32. The molecule has 8 nitrogen and oxygen atoms in total. The van der Waals surface area contributed by atoms with Gasteiger partial charge in [0.2, 0.25) is 0 Å². The monoisotopic (exact) mass is 344 g/mol. The van der Waals surface area contributed by atoms with Crippen LogP contribution >= 0.6 is 0 Å². The summed E-state index contributed by atoms with van der Waals surface area (Å²) in [4.78, 5) is 29.4. The van der Waals surface area contributed by atoms with E-state index in [1.165, 1.54) is 19.2 Å². The smallest absolute Gasteiger partial charge is 0.323 e. The van der Waals surface area contributed by atoms with E-state index in [-0.39, 0.29) is 22.9 Å². The standard InChI is InChI=1S/C17H20N4O4/c1-12-10-18-11-20(12)13-6-8-19(9-7-13)17(22)14-4-3-5-15(25-2)16(14)21(23)24/h3-5,10-11,13H,6-9H2,1-2H3. The highest BCUT2D eigenvalue weighted by Gasteiger charge is 2.31. The summed E-state index contributed by atoms with van der Waals surface area (Å²) in [6, 6.07) is 4.87. The van der Waals surface area contributed by atoms with Gasteiger partial charge in [0, 0.05) is 31.0 Å². The maximum Gasteiger partial charge on any atom is 0.323 e. The second-order valence-corrected chi connectivity index (χ2v) is 6.08. The number of hydrogen-bond donors (Lipinski definition) is 0. The van der Waals surface area contributed by atoms with Crippen LogP contribution in [0.1, 0.15) is 34.9 Å². The molecule has 0 N–H and O–H groups in total. The number of aromatic nitrogens is 2. The fourth-order valence-corrected chi connectivity index (χ4v) is 3.32. The molecule has 8 heteroatoms. The van der Waals surface area contributed by atoms with E-state index in [0.29, 0.717) is 19.1 Å². The van der Waals surface area contributed by atoms with Crippen LogP contribution in [0.4, 0.5) is 5.69 Å². The number of nitrogens with zero attached hydrogens (tertiary/aromatic N) is 4. The molecule has 0 unspecified atom stereocenters. The van der Waals surface area contributed by atoms with Gasteiger partial charge >= 0.3 is 5.69 Å². The number of benzene rings is 1. The summed E-state index contributed by atoms with van der Waals surface area (Å²) in [6.45, 7) is 3.11. The van der Waals surface area contributed by atoms with Gasteiger partial charge in [-0.1, -0.05) is 6.07 Å². The van der Waals surface area contributed by atoms with Gasteiger partial charge in [-0.2, -0.15) is 0 Å². The molecule has 1 aromatic heterocycles. The Morgan fingerprint density at radius 2 is 2.08 bits per heavy atom. The second-order valence-electron chi connectivity index (χ2n) is 6.08. The zero-order valence-corrected chi connectivity index (χ0v) is 14.2. The van der Waals surface area contributed by atoms with E-state index >= 15 is 0 Å². The van der Waals surface area contributed by atoms with Crippen molar-refractivity contribution in [3.63, 3.8) is 0 Å². The Morgan fingerprint density at radius 3 is 2.64 bits per heavy atom. The average molecular weight is 344 g/mol. The van der Waals surface area contributed by atoms with Crippen LogP contribution in [0.15, 0.2) is 30.7 Å². The first-order valence-electron chi connectivity index (χ1n) is 8.12. The Hall–Kier alpha value is -2.90. The van der Waals surface area contributed by atoms with Gasteiger partial charge in [-0.05, 0) is 31.9 Å². The number of carbonyl (C=O) groups excluding carboxylic acids is 1. The number of para-hydroxylation sites is 1. The predicted octanol–water partition coefficient (Wildman–Crippen LogP) is 2.59. The zero-order valence-electron chi connectivity index (χ0n) is 14.2. The molecule has 1 aliphatic heterocycles. The number of likely N-dealkylation sites (tertiary alicyclic amines) is 1. The molecular weight excluding hydrogens is 324 g/mol. The first-order valence-corrected chi connectivity index (χ1v) is 8.12. The van der Waals surface area contributed by atoms with Crippen molar-refractivity contribution in [3.05, 3.63) is 52.1 Å². The molecular formula is C17H20N4O4. The van der Waals surface area contributed by atoms with Gasteiger partial charge < -0.3 is 14.2 Å². The fraction of sp³-hybridized carbons (Fsp3) is 0.412. The molecule has 1 amide bonds. The van der Waals surface area contributed by atoms with Crippen LogP contribution in [0, 0.1) is 17.0 Å². The van der Waals surface area contributed by atoms with Crippen molar-refractivity contribution in [1.29, 1.82) is 0 Å². The maximum absolute atomic E-state index is 12.8. The highest BCUT2D eigenvalue weighted by molar-refractivity contribution is 5.99. The first-order chi connectivity index (χ1) is 12.0. The third-order valence-electron chi connectivity index (χ3n) is 4.64. The van der Waals surface area contributed by atoms with Crippen molar-refractivity contribution in [1.82, 2.24) is 14.5 Å². The topological polar surface area (TPSA) is 90.5 Å². The SMILES string of the molecule is COc1cccc(C(=O)N2CCC(n3cncc3C)CC2)c1[N+](=O)[O-]. The van der Waals surface area contributed by atoms with Gasteiger partial charge in [0.05, 0.1) is 18.4 Å². The van der Waals surface area contributed by atoms with Gasteiger partial charge in [-0.3, -0.25) is 14.9 Å². The Labute approximate surface area is 145 Å². The van der Waals surface area contributed by atoms with Crippen molar-refractivity contribution in [2.75, 3.05) is 20.2 Å². The Bertz CT molecular complexity index is 794. The normalized spacial score (nSPS) is 15.2. The molecule has 25 heavy (non-hydrogen) atoms. The third kappa shape index (κ3) is 3.19. The van der Waals surface area contributed by atoms with Gasteiger partial charge in [0.1, 0.15) is 5.56 Å². The molecule has 0 spiro atoms. The van der Waals surface area contributed by atoms with Crippen LogP contribution in [0.2, 0.25) is 0 Å². The number of hydrogen-bond acceptors (Lipinski definition) is 5. The summed E-state index contributed by atoms with van der Waals surface area (Å²) in [7, 11) is 1.36. The summed E-state index contributed by atoms with van der Waals surface area (Å²) >= 11 is 0. The van der Waals surface area contributed by atoms with Crippen LogP contribution in [0.3, 0.4) is 0 Å².